The first-order valence-corrected chi connectivity index (χ1v) is 14.0. The van der Waals surface area contributed by atoms with Crippen LogP contribution in [0.5, 0.6) is 0 Å². The van der Waals surface area contributed by atoms with Gasteiger partial charge in [-0.3, -0.25) is 23.9 Å². The average Bonchev–Trinajstić information content (AvgIpc) is 3.32. The maximum Gasteiger partial charge on any atom is 0.326 e. The molecule has 212 valence electrons. The predicted molar refractivity (Wildman–Crippen MR) is 156 cm³/mol. The smallest absolute Gasteiger partial charge is 0.326 e. The van der Waals surface area contributed by atoms with Crippen LogP contribution >= 0.6 is 11.6 Å². The first kappa shape index (κ1) is 28.3. The number of fused-ring (bicyclic) bond motifs is 1. The van der Waals surface area contributed by atoms with Crippen molar-refractivity contribution in [2.75, 3.05) is 26.2 Å². The molecule has 0 spiro atoms. The summed E-state index contributed by atoms with van der Waals surface area (Å²) in [5.41, 5.74) is 2.99. The SMILES string of the molecule is O=C(CCNC(=O)c1ccc2c(c1)[nH]c(=O)n2C1CCN(CC(=O)c2ccc(Cl)cc2)CC1)OCc1ccccc1. The van der Waals surface area contributed by atoms with E-state index in [1.54, 1.807) is 47.0 Å². The van der Waals surface area contributed by atoms with E-state index in [0.717, 1.165) is 23.9 Å². The number of esters is 1. The molecule has 0 atom stereocenters. The zero-order valence-electron chi connectivity index (χ0n) is 22.5. The van der Waals surface area contributed by atoms with Gasteiger partial charge in [0.2, 0.25) is 0 Å². The summed E-state index contributed by atoms with van der Waals surface area (Å²) in [6.45, 7) is 2.03. The number of aromatic nitrogens is 2. The number of ether oxygens (including phenoxy) is 1. The number of carbonyl (C=O) groups is 3. The molecule has 9 nitrogen and oxygen atoms in total. The number of benzene rings is 3. The minimum Gasteiger partial charge on any atom is -0.461 e. The third-order valence-electron chi connectivity index (χ3n) is 7.29. The first-order chi connectivity index (χ1) is 19.9. The Kier molecular flexibility index (Phi) is 8.96. The lowest BCUT2D eigenvalue weighted by Crippen LogP contribution is -2.39. The van der Waals surface area contributed by atoms with E-state index >= 15 is 0 Å². The molecule has 2 heterocycles. The van der Waals surface area contributed by atoms with Crippen LogP contribution in [0.4, 0.5) is 0 Å². The van der Waals surface area contributed by atoms with Crippen LogP contribution in [0.2, 0.25) is 5.02 Å². The van der Waals surface area contributed by atoms with Gasteiger partial charge in [-0.25, -0.2) is 4.79 Å². The second-order valence-electron chi connectivity index (χ2n) is 10.1. The van der Waals surface area contributed by atoms with E-state index in [-0.39, 0.29) is 43.0 Å². The lowest BCUT2D eigenvalue weighted by Gasteiger charge is -2.32. The fraction of sp³-hybridized carbons (Fsp3) is 0.290. The third kappa shape index (κ3) is 7.11. The Balaban J connectivity index is 1.13. The van der Waals surface area contributed by atoms with E-state index < -0.39 is 5.97 Å². The summed E-state index contributed by atoms with van der Waals surface area (Å²) in [5, 5.41) is 3.33. The molecule has 1 amide bonds. The van der Waals surface area contributed by atoms with Gasteiger partial charge in [-0.2, -0.15) is 0 Å². The fourth-order valence-electron chi connectivity index (χ4n) is 5.09. The van der Waals surface area contributed by atoms with Gasteiger partial charge in [-0.1, -0.05) is 41.9 Å². The van der Waals surface area contributed by atoms with E-state index in [1.165, 1.54) is 0 Å². The molecule has 41 heavy (non-hydrogen) atoms. The number of piperidine rings is 1. The van der Waals surface area contributed by atoms with Crippen molar-refractivity contribution in [3.8, 4) is 0 Å². The summed E-state index contributed by atoms with van der Waals surface area (Å²) in [4.78, 5) is 55.2. The van der Waals surface area contributed by atoms with Crippen LogP contribution in [-0.4, -0.2) is 58.3 Å². The number of carbonyl (C=O) groups excluding carboxylic acids is 3. The number of likely N-dealkylation sites (tertiary alicyclic amines) is 1. The summed E-state index contributed by atoms with van der Waals surface area (Å²) in [6.07, 6.45) is 1.50. The number of amides is 1. The largest absolute Gasteiger partial charge is 0.461 e. The lowest BCUT2D eigenvalue weighted by molar-refractivity contribution is -0.144. The summed E-state index contributed by atoms with van der Waals surface area (Å²) in [5.74, 6) is -0.694. The zero-order valence-corrected chi connectivity index (χ0v) is 23.2. The van der Waals surface area contributed by atoms with Gasteiger partial charge >= 0.3 is 11.7 Å². The Morgan fingerprint density at radius 2 is 1.66 bits per heavy atom. The van der Waals surface area contributed by atoms with Crippen molar-refractivity contribution in [2.45, 2.75) is 31.9 Å². The number of H-pyrrole nitrogens is 1. The Bertz CT molecular complexity index is 1590. The Morgan fingerprint density at radius 1 is 0.951 bits per heavy atom. The fourth-order valence-corrected chi connectivity index (χ4v) is 5.22. The molecule has 10 heteroatoms. The molecule has 5 rings (SSSR count). The van der Waals surface area contributed by atoms with E-state index in [1.807, 2.05) is 30.3 Å². The van der Waals surface area contributed by atoms with Crippen LogP contribution in [0.25, 0.3) is 11.0 Å². The number of Topliss-reactive ketones (excluding diaryl/α,β-unsaturated/α-hetero) is 1. The van der Waals surface area contributed by atoms with Crippen LogP contribution in [0.3, 0.4) is 0 Å². The molecular weight excluding hydrogens is 544 g/mol. The quantitative estimate of drug-likeness (QED) is 0.215. The maximum absolute atomic E-state index is 12.9. The molecule has 1 fully saturated rings. The number of nitrogens with zero attached hydrogens (tertiary/aromatic N) is 2. The van der Waals surface area contributed by atoms with Crippen LogP contribution in [0, 0.1) is 0 Å². The van der Waals surface area contributed by atoms with Crippen molar-refractivity contribution in [3.05, 3.63) is 105 Å². The molecule has 1 aromatic heterocycles. The molecule has 4 aromatic rings. The van der Waals surface area contributed by atoms with Crippen molar-refractivity contribution in [3.63, 3.8) is 0 Å². The van der Waals surface area contributed by atoms with Gasteiger partial charge in [0.1, 0.15) is 6.61 Å². The topological polar surface area (TPSA) is 114 Å². The molecule has 0 radical (unpaired) electrons. The summed E-state index contributed by atoms with van der Waals surface area (Å²) < 4.78 is 6.99. The minimum atomic E-state index is -0.397. The summed E-state index contributed by atoms with van der Waals surface area (Å²) >= 11 is 5.92. The molecule has 2 N–H and O–H groups in total. The van der Waals surface area contributed by atoms with Gasteiger partial charge in [0.15, 0.2) is 5.78 Å². The van der Waals surface area contributed by atoms with Crippen LogP contribution in [0.15, 0.2) is 77.6 Å². The Labute approximate surface area is 242 Å². The second kappa shape index (κ2) is 13.0. The third-order valence-corrected chi connectivity index (χ3v) is 7.54. The maximum atomic E-state index is 12.9. The van der Waals surface area contributed by atoms with Gasteiger partial charge in [0.05, 0.1) is 24.0 Å². The number of hydrogen-bond donors (Lipinski definition) is 2. The van der Waals surface area contributed by atoms with E-state index in [9.17, 15) is 19.2 Å². The van der Waals surface area contributed by atoms with Crippen molar-refractivity contribution >= 4 is 40.3 Å². The number of hydrogen-bond acceptors (Lipinski definition) is 6. The Hall–Kier alpha value is -4.21. The number of rotatable bonds is 10. The van der Waals surface area contributed by atoms with Gasteiger partial charge in [-0.15, -0.1) is 0 Å². The molecule has 0 saturated carbocycles. The summed E-state index contributed by atoms with van der Waals surface area (Å²) in [7, 11) is 0. The first-order valence-electron chi connectivity index (χ1n) is 13.6. The van der Waals surface area contributed by atoms with Gasteiger partial charge < -0.3 is 15.0 Å². The molecule has 1 saturated heterocycles. The number of imidazole rings is 1. The monoisotopic (exact) mass is 574 g/mol. The molecule has 3 aromatic carbocycles. The van der Waals surface area contributed by atoms with E-state index in [0.29, 0.717) is 41.3 Å². The highest BCUT2D eigenvalue weighted by Crippen LogP contribution is 2.25. The van der Waals surface area contributed by atoms with E-state index in [2.05, 4.69) is 15.2 Å². The second-order valence-corrected chi connectivity index (χ2v) is 10.6. The molecular formula is C31H31ClN4O5. The number of ketones is 1. The highest BCUT2D eigenvalue weighted by molar-refractivity contribution is 6.30. The normalized spacial score (nSPS) is 14.2. The average molecular weight is 575 g/mol. The van der Waals surface area contributed by atoms with Crippen molar-refractivity contribution in [2.24, 2.45) is 0 Å². The van der Waals surface area contributed by atoms with Crippen LogP contribution in [-0.2, 0) is 16.1 Å². The molecule has 1 aliphatic rings. The molecule has 1 aliphatic heterocycles. The van der Waals surface area contributed by atoms with Gasteiger partial charge in [0.25, 0.3) is 5.91 Å². The number of halogens is 1. The van der Waals surface area contributed by atoms with Crippen LogP contribution < -0.4 is 11.0 Å². The van der Waals surface area contributed by atoms with Crippen molar-refractivity contribution in [1.82, 2.24) is 19.8 Å². The van der Waals surface area contributed by atoms with Gasteiger partial charge in [0, 0.05) is 41.8 Å². The van der Waals surface area contributed by atoms with Crippen molar-refractivity contribution < 1.29 is 19.1 Å². The van der Waals surface area contributed by atoms with Gasteiger partial charge in [-0.05, 0) is 60.9 Å². The number of nitrogens with one attached hydrogen (secondary N) is 2. The van der Waals surface area contributed by atoms with E-state index in [4.69, 9.17) is 16.3 Å². The predicted octanol–water partition coefficient (Wildman–Crippen LogP) is 4.37. The molecule has 0 bridgehead atoms. The van der Waals surface area contributed by atoms with Crippen molar-refractivity contribution in [1.29, 1.82) is 0 Å². The minimum absolute atomic E-state index is 0.0142. The lowest BCUT2D eigenvalue weighted by atomic mass is 10.0. The standard InChI is InChI=1S/C31H31ClN4O5/c32-24-9-6-22(7-10-24)28(37)19-35-16-13-25(14-17-35)36-27-11-8-23(18-26(27)34-31(36)40)30(39)33-15-12-29(38)41-20-21-4-2-1-3-5-21/h1-11,18,25H,12-17,19-20H2,(H,33,39)(H,34,40). The highest BCUT2D eigenvalue weighted by Gasteiger charge is 2.25. The number of aromatic amines is 1. The summed E-state index contributed by atoms with van der Waals surface area (Å²) in [6, 6.07) is 21.4. The van der Waals surface area contributed by atoms with Crippen LogP contribution in [0.1, 0.15) is 51.6 Å². The highest BCUT2D eigenvalue weighted by atomic mass is 35.5. The molecule has 0 unspecified atom stereocenters. The molecule has 0 aliphatic carbocycles. The zero-order chi connectivity index (χ0) is 28.8. The Morgan fingerprint density at radius 3 is 2.39 bits per heavy atom.